The summed E-state index contributed by atoms with van der Waals surface area (Å²) in [5.41, 5.74) is 2.79. The van der Waals surface area contributed by atoms with Crippen LogP contribution in [-0.2, 0) is 0 Å². The number of rotatable bonds is 6. The lowest BCUT2D eigenvalue weighted by Gasteiger charge is -2.09. The van der Waals surface area contributed by atoms with E-state index in [0.717, 1.165) is 32.4 Å². The topological polar surface area (TPSA) is 29.5 Å². The molecular formula is C26H21FO2S. The van der Waals surface area contributed by atoms with Crippen LogP contribution in [0, 0.1) is 0 Å². The molecule has 0 saturated carbocycles. The zero-order chi connectivity index (χ0) is 20.9. The predicted octanol–water partition coefficient (Wildman–Crippen LogP) is 8.03. The maximum Gasteiger partial charge on any atom is 0.127 e. The Morgan fingerprint density at radius 2 is 1.10 bits per heavy atom. The molecule has 0 aliphatic rings. The minimum absolute atomic E-state index is 0.256. The summed E-state index contributed by atoms with van der Waals surface area (Å²) in [6.45, 7) is 1.54. The van der Waals surface area contributed by atoms with E-state index in [2.05, 4.69) is 0 Å². The molecule has 4 rings (SSSR count). The van der Waals surface area contributed by atoms with Gasteiger partial charge in [-0.2, -0.15) is 0 Å². The van der Waals surface area contributed by atoms with Crippen LogP contribution in [0.4, 0.5) is 4.39 Å². The molecule has 2 nitrogen and oxygen atoms in total. The number of hydrogen-bond donors (Lipinski definition) is 1. The number of phenolic OH excluding ortho intramolecular Hbond substituents is 1. The molecule has 0 aliphatic carbocycles. The highest BCUT2D eigenvalue weighted by atomic mass is 32.2. The van der Waals surface area contributed by atoms with E-state index in [1.165, 1.54) is 0 Å². The Bertz CT molecular complexity index is 1090. The Hall–Kier alpha value is -3.24. The van der Waals surface area contributed by atoms with Crippen LogP contribution in [0.5, 0.6) is 17.2 Å². The molecule has 1 N–H and O–H groups in total. The Morgan fingerprint density at radius 3 is 1.60 bits per heavy atom. The normalized spacial score (nSPS) is 11.8. The molecule has 1 unspecified atom stereocenters. The van der Waals surface area contributed by atoms with E-state index in [4.69, 9.17) is 4.74 Å². The second-order valence-corrected chi connectivity index (χ2v) is 8.08. The fraction of sp³-hybridized carbons (Fsp3) is 0.0769. The van der Waals surface area contributed by atoms with Crippen molar-refractivity contribution in [3.8, 4) is 28.4 Å². The SMILES string of the molecule is CC(F)c1ccc(Sc2ccc(Oc3ccc(-c4ccc(O)cc4)cc3)cc2)cc1. The van der Waals surface area contributed by atoms with Crippen molar-refractivity contribution in [2.75, 3.05) is 0 Å². The van der Waals surface area contributed by atoms with Gasteiger partial charge in [0.25, 0.3) is 0 Å². The number of alkyl halides is 1. The Labute approximate surface area is 180 Å². The van der Waals surface area contributed by atoms with E-state index in [1.807, 2.05) is 84.9 Å². The summed E-state index contributed by atoms with van der Waals surface area (Å²) >= 11 is 1.63. The lowest BCUT2D eigenvalue weighted by atomic mass is 10.1. The van der Waals surface area contributed by atoms with Gasteiger partial charge in [0.15, 0.2) is 0 Å². The second-order valence-electron chi connectivity index (χ2n) is 6.93. The van der Waals surface area contributed by atoms with Crippen molar-refractivity contribution < 1.29 is 14.2 Å². The summed E-state index contributed by atoms with van der Waals surface area (Å²) in [5.74, 6) is 1.78. The summed E-state index contributed by atoms with van der Waals surface area (Å²) in [4.78, 5) is 2.16. The van der Waals surface area contributed by atoms with E-state index in [9.17, 15) is 9.50 Å². The average Bonchev–Trinajstić information content (AvgIpc) is 2.77. The third kappa shape index (κ3) is 5.02. The quantitative estimate of drug-likeness (QED) is 0.345. The fourth-order valence-corrected chi connectivity index (χ4v) is 3.83. The molecule has 0 saturated heterocycles. The lowest BCUT2D eigenvalue weighted by molar-refractivity contribution is 0.374. The Kier molecular flexibility index (Phi) is 6.05. The zero-order valence-electron chi connectivity index (χ0n) is 16.5. The number of phenols is 1. The molecule has 0 aliphatic heterocycles. The smallest absolute Gasteiger partial charge is 0.127 e. The van der Waals surface area contributed by atoms with Gasteiger partial charge >= 0.3 is 0 Å². The first-order valence-electron chi connectivity index (χ1n) is 9.66. The summed E-state index contributed by atoms with van der Waals surface area (Å²) in [7, 11) is 0. The van der Waals surface area contributed by atoms with Gasteiger partial charge < -0.3 is 9.84 Å². The minimum Gasteiger partial charge on any atom is -0.508 e. The van der Waals surface area contributed by atoms with Crippen LogP contribution >= 0.6 is 11.8 Å². The van der Waals surface area contributed by atoms with Crippen molar-refractivity contribution in [3.63, 3.8) is 0 Å². The Morgan fingerprint density at radius 1 is 0.667 bits per heavy atom. The molecule has 30 heavy (non-hydrogen) atoms. The van der Waals surface area contributed by atoms with E-state index in [0.29, 0.717) is 5.56 Å². The molecule has 0 radical (unpaired) electrons. The average molecular weight is 417 g/mol. The Balaban J connectivity index is 1.39. The van der Waals surface area contributed by atoms with E-state index < -0.39 is 6.17 Å². The van der Waals surface area contributed by atoms with Crippen molar-refractivity contribution in [1.82, 2.24) is 0 Å². The number of halogens is 1. The highest BCUT2D eigenvalue weighted by Crippen LogP contribution is 2.32. The summed E-state index contributed by atoms with van der Waals surface area (Å²) < 4.78 is 19.3. The summed E-state index contributed by atoms with van der Waals surface area (Å²) in [6, 6.07) is 30.4. The number of aromatic hydroxyl groups is 1. The van der Waals surface area contributed by atoms with Crippen molar-refractivity contribution in [3.05, 3.63) is 103 Å². The monoisotopic (exact) mass is 416 g/mol. The van der Waals surface area contributed by atoms with Gasteiger partial charge in [0.2, 0.25) is 0 Å². The molecule has 0 heterocycles. The maximum atomic E-state index is 13.3. The molecule has 150 valence electrons. The molecule has 4 aromatic carbocycles. The van der Waals surface area contributed by atoms with Crippen LogP contribution in [0.1, 0.15) is 18.7 Å². The molecule has 0 fully saturated rings. The predicted molar refractivity (Wildman–Crippen MR) is 120 cm³/mol. The third-order valence-corrected chi connectivity index (χ3v) is 5.71. The van der Waals surface area contributed by atoms with Gasteiger partial charge in [-0.05, 0) is 84.3 Å². The molecule has 4 heteroatoms. The lowest BCUT2D eigenvalue weighted by Crippen LogP contribution is -1.85. The number of hydrogen-bond acceptors (Lipinski definition) is 3. The van der Waals surface area contributed by atoms with Crippen LogP contribution < -0.4 is 4.74 Å². The molecule has 0 bridgehead atoms. The van der Waals surface area contributed by atoms with Gasteiger partial charge in [0, 0.05) is 9.79 Å². The highest BCUT2D eigenvalue weighted by molar-refractivity contribution is 7.99. The second kappa shape index (κ2) is 9.06. The van der Waals surface area contributed by atoms with Gasteiger partial charge in [0.1, 0.15) is 23.4 Å². The van der Waals surface area contributed by atoms with Crippen LogP contribution in [0.3, 0.4) is 0 Å². The maximum absolute atomic E-state index is 13.3. The van der Waals surface area contributed by atoms with Gasteiger partial charge in [-0.1, -0.05) is 48.2 Å². The molecule has 0 aromatic heterocycles. The first kappa shape index (κ1) is 20.0. The van der Waals surface area contributed by atoms with Gasteiger partial charge in [-0.15, -0.1) is 0 Å². The molecule has 1 atom stereocenters. The van der Waals surface area contributed by atoms with Crippen LogP contribution in [0.2, 0.25) is 0 Å². The minimum atomic E-state index is -0.948. The third-order valence-electron chi connectivity index (χ3n) is 4.69. The van der Waals surface area contributed by atoms with E-state index in [1.54, 1.807) is 30.8 Å². The van der Waals surface area contributed by atoms with Crippen LogP contribution in [0.15, 0.2) is 107 Å². The van der Waals surface area contributed by atoms with Crippen molar-refractivity contribution in [1.29, 1.82) is 0 Å². The molecule has 4 aromatic rings. The largest absolute Gasteiger partial charge is 0.508 e. The van der Waals surface area contributed by atoms with Crippen molar-refractivity contribution in [2.24, 2.45) is 0 Å². The number of benzene rings is 4. The van der Waals surface area contributed by atoms with E-state index >= 15 is 0 Å². The number of ether oxygens (including phenoxy) is 1. The molecular weight excluding hydrogens is 395 g/mol. The fourth-order valence-electron chi connectivity index (χ4n) is 3.02. The highest BCUT2D eigenvalue weighted by Gasteiger charge is 2.04. The van der Waals surface area contributed by atoms with Crippen molar-refractivity contribution in [2.45, 2.75) is 22.9 Å². The van der Waals surface area contributed by atoms with Gasteiger partial charge in [-0.3, -0.25) is 0 Å². The van der Waals surface area contributed by atoms with Gasteiger partial charge in [0.05, 0.1) is 0 Å². The van der Waals surface area contributed by atoms with Crippen LogP contribution in [-0.4, -0.2) is 5.11 Å². The first-order valence-corrected chi connectivity index (χ1v) is 10.5. The first-order chi connectivity index (χ1) is 14.6. The summed E-state index contributed by atoms with van der Waals surface area (Å²) in [6.07, 6.45) is -0.948. The van der Waals surface area contributed by atoms with Crippen molar-refractivity contribution >= 4 is 11.8 Å². The molecule has 0 spiro atoms. The summed E-state index contributed by atoms with van der Waals surface area (Å²) in [5, 5.41) is 9.41. The van der Waals surface area contributed by atoms with Gasteiger partial charge in [-0.25, -0.2) is 4.39 Å². The molecule has 0 amide bonds. The standard InChI is InChI=1S/C26H21FO2S/c1-18(27)19-6-14-25(15-7-19)30-26-16-12-24(13-17-26)29-23-10-4-21(5-11-23)20-2-8-22(28)9-3-20/h2-18,28H,1H3. The zero-order valence-corrected chi connectivity index (χ0v) is 17.3. The van der Waals surface area contributed by atoms with Crippen LogP contribution in [0.25, 0.3) is 11.1 Å². The van der Waals surface area contributed by atoms with E-state index in [-0.39, 0.29) is 5.75 Å².